The van der Waals surface area contributed by atoms with Gasteiger partial charge in [0.05, 0.1) is 20.7 Å². The van der Waals surface area contributed by atoms with E-state index in [9.17, 15) is 14.3 Å². The third-order valence-corrected chi connectivity index (χ3v) is 6.71. The quantitative estimate of drug-likeness (QED) is 0.144. The number of ether oxygens (including phenoxy) is 1. The average molecular weight is 509 g/mol. The molecular weight excluding hydrogens is 455 g/mol. The Labute approximate surface area is 209 Å². The van der Waals surface area contributed by atoms with E-state index in [1.165, 1.54) is 84.0 Å². The van der Waals surface area contributed by atoms with Crippen molar-refractivity contribution < 1.29 is 32.9 Å². The molecule has 0 aromatic heterocycles. The SMILES string of the molecule is CCCCCCCCCCCCCCCCOCC(CNC(C)=O)OP(=O)([O-])OCC[NH+](C)C. The summed E-state index contributed by atoms with van der Waals surface area (Å²) in [5.41, 5.74) is 0. The van der Waals surface area contributed by atoms with E-state index in [1.54, 1.807) is 0 Å². The van der Waals surface area contributed by atoms with Gasteiger partial charge in [0.2, 0.25) is 5.91 Å². The molecule has 0 aliphatic carbocycles. The minimum absolute atomic E-state index is 0.0515. The molecule has 204 valence electrons. The number of hydrogen-bond donors (Lipinski definition) is 2. The third-order valence-electron chi connectivity index (χ3n) is 5.65. The van der Waals surface area contributed by atoms with E-state index in [2.05, 4.69) is 12.2 Å². The van der Waals surface area contributed by atoms with Crippen LogP contribution in [-0.2, 0) is 23.1 Å². The summed E-state index contributed by atoms with van der Waals surface area (Å²) >= 11 is 0. The zero-order valence-electron chi connectivity index (χ0n) is 22.4. The summed E-state index contributed by atoms with van der Waals surface area (Å²) in [5, 5.41) is 2.58. The molecule has 34 heavy (non-hydrogen) atoms. The zero-order valence-corrected chi connectivity index (χ0v) is 23.3. The molecule has 0 fully saturated rings. The van der Waals surface area contributed by atoms with E-state index in [-0.39, 0.29) is 25.7 Å². The Morgan fingerprint density at radius 1 is 0.882 bits per heavy atom. The van der Waals surface area contributed by atoms with E-state index in [4.69, 9.17) is 13.8 Å². The molecule has 0 aromatic carbocycles. The van der Waals surface area contributed by atoms with Gasteiger partial charge in [-0.15, -0.1) is 0 Å². The molecular formula is C25H53N2O6P. The van der Waals surface area contributed by atoms with Crippen molar-refractivity contribution in [2.24, 2.45) is 0 Å². The van der Waals surface area contributed by atoms with Crippen molar-refractivity contribution in [3.63, 3.8) is 0 Å². The van der Waals surface area contributed by atoms with Gasteiger partial charge in [-0.25, -0.2) is 0 Å². The maximum atomic E-state index is 12.0. The molecule has 0 saturated heterocycles. The Hall–Kier alpha value is -0.500. The van der Waals surface area contributed by atoms with Gasteiger partial charge in [0.1, 0.15) is 19.3 Å². The average Bonchev–Trinajstić information content (AvgIpc) is 2.76. The minimum atomic E-state index is -4.45. The van der Waals surface area contributed by atoms with Crippen LogP contribution in [0.1, 0.15) is 104 Å². The van der Waals surface area contributed by atoms with Gasteiger partial charge in [-0.1, -0.05) is 90.4 Å². The molecule has 1 amide bonds. The van der Waals surface area contributed by atoms with E-state index < -0.39 is 13.9 Å². The molecule has 2 atom stereocenters. The first-order chi connectivity index (χ1) is 16.3. The van der Waals surface area contributed by atoms with Crippen LogP contribution in [0.5, 0.6) is 0 Å². The number of unbranched alkanes of at least 4 members (excludes halogenated alkanes) is 13. The lowest BCUT2D eigenvalue weighted by Crippen LogP contribution is -3.06. The number of carbonyl (C=O) groups excluding carboxylic acids is 1. The predicted molar refractivity (Wildman–Crippen MR) is 136 cm³/mol. The Morgan fingerprint density at radius 2 is 1.38 bits per heavy atom. The topological polar surface area (TPSA) is 101 Å². The molecule has 0 rings (SSSR count). The highest BCUT2D eigenvalue weighted by atomic mass is 31.2. The number of quaternary nitrogens is 1. The van der Waals surface area contributed by atoms with Gasteiger partial charge in [-0.05, 0) is 6.42 Å². The zero-order chi connectivity index (χ0) is 25.5. The smallest absolute Gasteiger partial charge is 0.268 e. The maximum absolute atomic E-state index is 12.0. The number of carbonyl (C=O) groups is 1. The van der Waals surface area contributed by atoms with Crippen molar-refractivity contribution in [2.45, 2.75) is 110 Å². The van der Waals surface area contributed by atoms with Crippen molar-refractivity contribution >= 4 is 13.7 Å². The summed E-state index contributed by atoms with van der Waals surface area (Å²) in [6, 6.07) is 0. The van der Waals surface area contributed by atoms with E-state index in [1.807, 2.05) is 14.1 Å². The van der Waals surface area contributed by atoms with Crippen molar-refractivity contribution in [1.29, 1.82) is 0 Å². The number of nitrogens with one attached hydrogen (secondary N) is 2. The van der Waals surface area contributed by atoms with Crippen LogP contribution in [0.2, 0.25) is 0 Å². The van der Waals surface area contributed by atoms with Gasteiger partial charge in [-0.3, -0.25) is 9.36 Å². The first kappa shape index (κ1) is 33.5. The first-order valence-corrected chi connectivity index (χ1v) is 15.0. The molecule has 2 unspecified atom stereocenters. The molecule has 0 bridgehead atoms. The second-order valence-corrected chi connectivity index (χ2v) is 10.9. The van der Waals surface area contributed by atoms with Crippen molar-refractivity contribution in [1.82, 2.24) is 5.32 Å². The number of hydrogen-bond acceptors (Lipinski definition) is 6. The van der Waals surface area contributed by atoms with Crippen LogP contribution in [-0.4, -0.2) is 59.0 Å². The molecule has 0 aliphatic rings. The number of amides is 1. The molecule has 0 heterocycles. The number of phosphoric acid groups is 1. The second-order valence-electron chi connectivity index (χ2n) is 9.57. The Bertz CT molecular complexity index is 522. The van der Waals surface area contributed by atoms with Gasteiger partial charge in [-0.2, -0.15) is 0 Å². The molecule has 0 spiro atoms. The van der Waals surface area contributed by atoms with Crippen LogP contribution in [0.3, 0.4) is 0 Å². The normalized spacial score (nSPS) is 14.3. The van der Waals surface area contributed by atoms with Gasteiger partial charge in [0, 0.05) is 20.1 Å². The van der Waals surface area contributed by atoms with Gasteiger partial charge >= 0.3 is 0 Å². The highest BCUT2D eigenvalue weighted by Gasteiger charge is 2.19. The number of likely N-dealkylation sites (N-methyl/N-ethyl adjacent to an activating group) is 1. The van der Waals surface area contributed by atoms with Crippen LogP contribution >= 0.6 is 7.82 Å². The first-order valence-electron chi connectivity index (χ1n) is 13.5. The molecule has 9 heteroatoms. The summed E-state index contributed by atoms with van der Waals surface area (Å²) in [6.07, 6.45) is 17.3. The lowest BCUT2D eigenvalue weighted by Gasteiger charge is -2.28. The number of phosphoric ester groups is 1. The Morgan fingerprint density at radius 3 is 1.85 bits per heavy atom. The fourth-order valence-corrected chi connectivity index (χ4v) is 4.45. The lowest BCUT2D eigenvalue weighted by molar-refractivity contribution is -0.858. The van der Waals surface area contributed by atoms with Crippen molar-refractivity contribution in [3.8, 4) is 0 Å². The second kappa shape index (κ2) is 22.9. The highest BCUT2D eigenvalue weighted by molar-refractivity contribution is 7.45. The van der Waals surface area contributed by atoms with Crippen LogP contribution in [0.25, 0.3) is 0 Å². The molecule has 8 nitrogen and oxygen atoms in total. The summed E-state index contributed by atoms with van der Waals surface area (Å²) in [6.45, 7) is 4.92. The molecule has 2 N–H and O–H groups in total. The van der Waals surface area contributed by atoms with Crippen molar-refractivity contribution in [2.75, 3.05) is 47.0 Å². The highest BCUT2D eigenvalue weighted by Crippen LogP contribution is 2.39. The molecule has 0 aromatic rings. The molecule has 0 saturated carbocycles. The van der Waals surface area contributed by atoms with Crippen LogP contribution in [0, 0.1) is 0 Å². The largest absolute Gasteiger partial charge is 0.756 e. The maximum Gasteiger partial charge on any atom is 0.268 e. The van der Waals surface area contributed by atoms with Crippen LogP contribution < -0.4 is 15.1 Å². The summed E-state index contributed by atoms with van der Waals surface area (Å²) in [7, 11) is -0.636. The Kier molecular flexibility index (Phi) is 22.6. The van der Waals surface area contributed by atoms with Crippen LogP contribution in [0.4, 0.5) is 0 Å². The summed E-state index contributed by atoms with van der Waals surface area (Å²) in [4.78, 5) is 24.3. The standard InChI is InChI=1S/C25H53N2O6P/c1-5-6-7-8-9-10-11-12-13-14-15-16-17-18-20-31-23-25(22-26-24(2)28)33-34(29,30)32-21-19-27(3)4/h25H,5-23H2,1-4H3,(H,26,28)(H,29,30). The molecule has 0 radical (unpaired) electrons. The van der Waals surface area contributed by atoms with Gasteiger partial charge in [0.15, 0.2) is 0 Å². The summed E-state index contributed by atoms with van der Waals surface area (Å²) < 4.78 is 27.7. The lowest BCUT2D eigenvalue weighted by atomic mass is 10.0. The fourth-order valence-electron chi connectivity index (χ4n) is 3.57. The predicted octanol–water partition coefficient (Wildman–Crippen LogP) is 3.64. The van der Waals surface area contributed by atoms with Gasteiger partial charge in [0.25, 0.3) is 7.82 Å². The Balaban J connectivity index is 3.80. The fraction of sp³-hybridized carbons (Fsp3) is 0.960. The third kappa shape index (κ3) is 24.6. The van der Waals surface area contributed by atoms with Crippen molar-refractivity contribution in [3.05, 3.63) is 0 Å². The van der Waals surface area contributed by atoms with Crippen LogP contribution in [0.15, 0.2) is 0 Å². The van der Waals surface area contributed by atoms with Gasteiger partial charge < -0.3 is 28.9 Å². The van der Waals surface area contributed by atoms with E-state index in [0.29, 0.717) is 13.2 Å². The number of rotatable bonds is 25. The van der Waals surface area contributed by atoms with E-state index in [0.717, 1.165) is 17.7 Å². The summed E-state index contributed by atoms with van der Waals surface area (Å²) in [5.74, 6) is -0.251. The van der Waals surface area contributed by atoms with E-state index >= 15 is 0 Å². The molecule has 0 aliphatic heterocycles. The monoisotopic (exact) mass is 508 g/mol. The minimum Gasteiger partial charge on any atom is -0.756 e.